The summed E-state index contributed by atoms with van der Waals surface area (Å²) in [4.78, 5) is 28.2. The highest BCUT2D eigenvalue weighted by Crippen LogP contribution is 2.22. The molecule has 0 aliphatic carbocycles. The highest BCUT2D eigenvalue weighted by molar-refractivity contribution is 6.31. The Hall–Kier alpha value is -4.03. The average molecular weight is 420 g/mol. The minimum absolute atomic E-state index is 0.0932. The molecule has 0 radical (unpaired) electrons. The summed E-state index contributed by atoms with van der Waals surface area (Å²) < 4.78 is 17.2. The zero-order valence-electron chi connectivity index (χ0n) is 15.2. The van der Waals surface area contributed by atoms with Crippen molar-refractivity contribution in [3.05, 3.63) is 81.4 Å². The fourth-order valence-corrected chi connectivity index (χ4v) is 3.50. The van der Waals surface area contributed by atoms with E-state index in [-0.39, 0.29) is 23.1 Å². The van der Waals surface area contributed by atoms with Gasteiger partial charge in [-0.15, -0.1) is 0 Å². The summed E-state index contributed by atoms with van der Waals surface area (Å²) in [6.45, 7) is -0.0932. The molecule has 0 fully saturated rings. The molecule has 0 unspecified atom stereocenters. The predicted molar refractivity (Wildman–Crippen MR) is 108 cm³/mol. The monoisotopic (exact) mass is 419 g/mol. The van der Waals surface area contributed by atoms with Crippen molar-refractivity contribution in [3.8, 4) is 12.0 Å². The molecular weight excluding hydrogens is 409 g/mol. The van der Waals surface area contributed by atoms with Gasteiger partial charge in [0.15, 0.2) is 5.65 Å². The lowest BCUT2D eigenvalue weighted by molar-refractivity contribution is 0.598. The zero-order chi connectivity index (χ0) is 20.8. The van der Waals surface area contributed by atoms with Gasteiger partial charge in [-0.3, -0.25) is 9.13 Å². The van der Waals surface area contributed by atoms with Crippen LogP contribution in [0, 0.1) is 17.1 Å². The lowest BCUT2D eigenvalue weighted by Crippen LogP contribution is -2.19. The third-order valence-corrected chi connectivity index (χ3v) is 5.12. The lowest BCUT2D eigenvalue weighted by Gasteiger charge is -2.08. The van der Waals surface area contributed by atoms with Crippen molar-refractivity contribution < 1.29 is 4.39 Å². The normalized spacial score (nSPS) is 11.2. The van der Waals surface area contributed by atoms with Gasteiger partial charge in [-0.2, -0.15) is 10.2 Å². The molecular formula is C20H11ClFN7O. The van der Waals surface area contributed by atoms with Crippen LogP contribution in [0.5, 0.6) is 0 Å². The van der Waals surface area contributed by atoms with Crippen LogP contribution in [0.15, 0.2) is 53.7 Å². The molecule has 10 heteroatoms. The number of nitriles is 1. The number of halogens is 2. The van der Waals surface area contributed by atoms with Crippen molar-refractivity contribution in [2.45, 2.75) is 6.54 Å². The molecule has 0 bridgehead atoms. The van der Waals surface area contributed by atoms with Gasteiger partial charge in [-0.1, -0.05) is 17.7 Å². The van der Waals surface area contributed by atoms with E-state index >= 15 is 0 Å². The van der Waals surface area contributed by atoms with Gasteiger partial charge in [0.1, 0.15) is 17.7 Å². The number of imidazole rings is 2. The Morgan fingerprint density at radius 1 is 1.23 bits per heavy atom. The zero-order valence-corrected chi connectivity index (χ0v) is 15.9. The first-order chi connectivity index (χ1) is 14.5. The summed E-state index contributed by atoms with van der Waals surface area (Å²) in [5.41, 5.74) is 2.21. The van der Waals surface area contributed by atoms with Crippen LogP contribution < -0.4 is 5.69 Å². The van der Waals surface area contributed by atoms with Crippen LogP contribution in [0.25, 0.3) is 28.1 Å². The fraction of sp³-hybridized carbons (Fsp3) is 0.0500. The smallest absolute Gasteiger partial charge is 0.303 e. The Labute approximate surface area is 172 Å². The topological polar surface area (TPSA) is 105 Å². The van der Waals surface area contributed by atoms with Crippen LogP contribution >= 0.6 is 11.6 Å². The molecule has 0 saturated carbocycles. The molecule has 2 aromatic carbocycles. The maximum absolute atomic E-state index is 14.2. The van der Waals surface area contributed by atoms with E-state index in [9.17, 15) is 9.18 Å². The molecule has 0 amide bonds. The number of benzene rings is 2. The van der Waals surface area contributed by atoms with Crippen molar-refractivity contribution in [1.29, 1.82) is 5.26 Å². The summed E-state index contributed by atoms with van der Waals surface area (Å²) >= 11 is 6.12. The summed E-state index contributed by atoms with van der Waals surface area (Å²) in [7, 11) is 0. The van der Waals surface area contributed by atoms with Crippen LogP contribution in [0.1, 0.15) is 11.1 Å². The number of fused-ring (bicyclic) bond motifs is 2. The van der Waals surface area contributed by atoms with Gasteiger partial charge in [-0.05, 0) is 30.3 Å². The predicted octanol–water partition coefficient (Wildman–Crippen LogP) is 3.17. The third-order valence-electron chi connectivity index (χ3n) is 4.77. The van der Waals surface area contributed by atoms with E-state index in [1.54, 1.807) is 28.8 Å². The Balaban J connectivity index is 1.68. The first kappa shape index (κ1) is 18.0. The van der Waals surface area contributed by atoms with E-state index in [2.05, 4.69) is 26.0 Å². The Kier molecular flexibility index (Phi) is 4.08. The number of hydrogen-bond acceptors (Lipinski definition) is 5. The van der Waals surface area contributed by atoms with E-state index < -0.39 is 11.5 Å². The molecule has 146 valence electrons. The van der Waals surface area contributed by atoms with Gasteiger partial charge < -0.3 is 4.98 Å². The molecule has 0 aliphatic heterocycles. The molecule has 3 aromatic heterocycles. The van der Waals surface area contributed by atoms with E-state index in [1.807, 2.05) is 0 Å². The van der Waals surface area contributed by atoms with E-state index in [1.165, 1.54) is 29.2 Å². The van der Waals surface area contributed by atoms with Crippen LogP contribution in [-0.2, 0) is 6.54 Å². The van der Waals surface area contributed by atoms with E-state index in [4.69, 9.17) is 16.9 Å². The minimum Gasteiger partial charge on any atom is -0.303 e. The molecule has 3 heterocycles. The minimum atomic E-state index is -0.511. The molecule has 5 rings (SSSR count). The Morgan fingerprint density at radius 2 is 2.10 bits per heavy atom. The summed E-state index contributed by atoms with van der Waals surface area (Å²) in [5, 5.41) is 9.38. The highest BCUT2D eigenvalue weighted by atomic mass is 35.5. The molecule has 0 saturated heterocycles. The first-order valence-electron chi connectivity index (χ1n) is 8.81. The Bertz CT molecular complexity index is 1520. The highest BCUT2D eigenvalue weighted by Gasteiger charge is 2.16. The van der Waals surface area contributed by atoms with Crippen molar-refractivity contribution in [3.63, 3.8) is 0 Å². The van der Waals surface area contributed by atoms with Crippen LogP contribution in [0.2, 0.25) is 5.02 Å². The van der Waals surface area contributed by atoms with Crippen molar-refractivity contribution in [2.24, 2.45) is 0 Å². The molecule has 8 nitrogen and oxygen atoms in total. The van der Waals surface area contributed by atoms with E-state index in [0.717, 1.165) is 0 Å². The maximum Gasteiger partial charge on any atom is 0.328 e. The Morgan fingerprint density at radius 3 is 2.90 bits per heavy atom. The fourth-order valence-electron chi connectivity index (χ4n) is 3.28. The van der Waals surface area contributed by atoms with Gasteiger partial charge in [0.25, 0.3) is 0 Å². The number of nitrogens with zero attached hydrogens (tertiary/aromatic N) is 6. The number of rotatable bonds is 3. The maximum atomic E-state index is 14.2. The number of hydrogen-bond donors (Lipinski definition) is 1. The van der Waals surface area contributed by atoms with Gasteiger partial charge in [-0.25, -0.2) is 19.2 Å². The number of H-pyrrole nitrogens is 1. The quantitative estimate of drug-likeness (QED) is 0.483. The van der Waals surface area contributed by atoms with Gasteiger partial charge in [0.2, 0.25) is 5.95 Å². The SMILES string of the molecule is N#Cc1ccc2ncn(-c3ncc4[nH]c(=O)n(Cc5c(F)cccc5Cl)c4n3)c2c1. The summed E-state index contributed by atoms with van der Waals surface area (Å²) in [6.07, 6.45) is 3.01. The number of aromatic amines is 1. The average Bonchev–Trinajstić information content (AvgIpc) is 3.30. The van der Waals surface area contributed by atoms with Crippen LogP contribution in [-0.4, -0.2) is 29.1 Å². The number of nitrogens with one attached hydrogen (secondary N) is 1. The molecule has 30 heavy (non-hydrogen) atoms. The lowest BCUT2D eigenvalue weighted by atomic mass is 10.2. The van der Waals surface area contributed by atoms with Crippen molar-refractivity contribution in [1.82, 2.24) is 29.1 Å². The molecule has 5 aromatic rings. The molecule has 0 aliphatic rings. The largest absolute Gasteiger partial charge is 0.328 e. The van der Waals surface area contributed by atoms with Gasteiger partial charge in [0, 0.05) is 10.6 Å². The molecule has 0 spiro atoms. The van der Waals surface area contributed by atoms with Gasteiger partial charge >= 0.3 is 5.69 Å². The second kappa shape index (κ2) is 6.79. The standard InChI is InChI=1S/C20H11ClFN7O/c21-13-2-1-3-14(22)12(13)9-28-18-16(26-20(28)30)8-24-19(27-18)29-10-25-15-5-4-11(7-23)6-17(15)29/h1-6,8,10H,9H2,(H,26,30). The van der Waals surface area contributed by atoms with Gasteiger partial charge in [0.05, 0.1) is 35.4 Å². The van der Waals surface area contributed by atoms with Crippen LogP contribution in [0.4, 0.5) is 4.39 Å². The second-order valence-corrected chi connectivity index (χ2v) is 6.96. The summed E-state index contributed by atoms with van der Waals surface area (Å²) in [6, 6.07) is 11.5. The first-order valence-corrected chi connectivity index (χ1v) is 9.19. The number of aromatic nitrogens is 6. The second-order valence-electron chi connectivity index (χ2n) is 6.55. The van der Waals surface area contributed by atoms with Crippen molar-refractivity contribution in [2.75, 3.05) is 0 Å². The molecule has 0 atom stereocenters. The van der Waals surface area contributed by atoms with E-state index in [0.29, 0.717) is 27.8 Å². The van der Waals surface area contributed by atoms with Crippen molar-refractivity contribution >= 4 is 33.8 Å². The third kappa shape index (κ3) is 2.82. The molecule has 1 N–H and O–H groups in total. The summed E-state index contributed by atoms with van der Waals surface area (Å²) in [5.74, 6) is -0.255. The van der Waals surface area contributed by atoms with Crippen LogP contribution in [0.3, 0.4) is 0 Å².